The summed E-state index contributed by atoms with van der Waals surface area (Å²) >= 11 is 2.08. The van der Waals surface area contributed by atoms with Crippen molar-refractivity contribution in [1.29, 1.82) is 0 Å². The molecular formula is C12H23NOS. The van der Waals surface area contributed by atoms with Gasteiger partial charge in [-0.25, -0.2) is 0 Å². The average molecular weight is 229 g/mol. The van der Waals surface area contributed by atoms with Crippen LogP contribution in [0.5, 0.6) is 0 Å². The summed E-state index contributed by atoms with van der Waals surface area (Å²) < 4.78 is 0. The first kappa shape index (κ1) is 11.7. The molecule has 2 aliphatic carbocycles. The maximum atomic E-state index is 9.57. The molecule has 0 bridgehead atoms. The lowest BCUT2D eigenvalue weighted by atomic mass is 9.99. The molecule has 0 heterocycles. The summed E-state index contributed by atoms with van der Waals surface area (Å²) in [5.41, 5.74) is 0.0632. The molecule has 2 N–H and O–H groups in total. The van der Waals surface area contributed by atoms with E-state index in [0.29, 0.717) is 17.9 Å². The minimum Gasteiger partial charge on any atom is -0.394 e. The van der Waals surface area contributed by atoms with Crippen molar-refractivity contribution in [3.05, 3.63) is 0 Å². The van der Waals surface area contributed by atoms with Crippen molar-refractivity contribution in [1.82, 2.24) is 5.32 Å². The number of thioether (sulfide) groups is 1. The Labute approximate surface area is 97.2 Å². The number of aliphatic hydroxyl groups is 1. The van der Waals surface area contributed by atoms with Crippen LogP contribution in [0.2, 0.25) is 0 Å². The fourth-order valence-electron chi connectivity index (χ4n) is 2.56. The van der Waals surface area contributed by atoms with E-state index in [2.05, 4.69) is 30.9 Å². The van der Waals surface area contributed by atoms with E-state index < -0.39 is 0 Å². The van der Waals surface area contributed by atoms with Crippen molar-refractivity contribution in [2.75, 3.05) is 6.61 Å². The molecule has 0 aliphatic heterocycles. The summed E-state index contributed by atoms with van der Waals surface area (Å²) in [4.78, 5) is 0. The molecule has 2 fully saturated rings. The highest BCUT2D eigenvalue weighted by Gasteiger charge is 2.42. The van der Waals surface area contributed by atoms with Crippen molar-refractivity contribution < 1.29 is 5.11 Å². The van der Waals surface area contributed by atoms with Crippen LogP contribution in [0.25, 0.3) is 0 Å². The molecule has 0 aromatic rings. The smallest absolute Gasteiger partial charge is 0.0613 e. The summed E-state index contributed by atoms with van der Waals surface area (Å²) in [5, 5.41) is 14.7. The fraction of sp³-hybridized carbons (Fsp3) is 1.00. The molecule has 88 valence electrons. The van der Waals surface area contributed by atoms with E-state index in [1.54, 1.807) is 0 Å². The van der Waals surface area contributed by atoms with Gasteiger partial charge in [0.15, 0.2) is 0 Å². The molecule has 0 aromatic heterocycles. The third-order valence-electron chi connectivity index (χ3n) is 3.42. The van der Waals surface area contributed by atoms with Crippen LogP contribution in [-0.4, -0.2) is 33.8 Å². The van der Waals surface area contributed by atoms with Gasteiger partial charge in [0.05, 0.1) is 6.61 Å². The van der Waals surface area contributed by atoms with Gasteiger partial charge in [0, 0.05) is 16.8 Å². The zero-order valence-electron chi connectivity index (χ0n) is 9.83. The summed E-state index contributed by atoms with van der Waals surface area (Å²) in [6, 6.07) is 0.708. The predicted molar refractivity (Wildman–Crippen MR) is 66.3 cm³/mol. The van der Waals surface area contributed by atoms with E-state index in [1.165, 1.54) is 19.3 Å². The highest BCUT2D eigenvalue weighted by atomic mass is 32.2. The third-order valence-corrected chi connectivity index (χ3v) is 4.75. The molecule has 2 unspecified atom stereocenters. The minimum absolute atomic E-state index is 0.0632. The van der Waals surface area contributed by atoms with E-state index in [4.69, 9.17) is 0 Å². The van der Waals surface area contributed by atoms with E-state index in [9.17, 15) is 5.11 Å². The fourth-order valence-corrected chi connectivity index (χ4v) is 4.00. The maximum absolute atomic E-state index is 9.57. The Morgan fingerprint density at radius 2 is 2.13 bits per heavy atom. The Morgan fingerprint density at radius 3 is 2.67 bits per heavy atom. The summed E-state index contributed by atoms with van der Waals surface area (Å²) in [7, 11) is 0. The van der Waals surface area contributed by atoms with E-state index in [1.807, 2.05) is 0 Å². The highest BCUT2D eigenvalue weighted by Crippen LogP contribution is 2.40. The van der Waals surface area contributed by atoms with Crippen molar-refractivity contribution in [3.8, 4) is 0 Å². The number of hydrogen-bond donors (Lipinski definition) is 2. The van der Waals surface area contributed by atoms with Crippen molar-refractivity contribution in [2.24, 2.45) is 0 Å². The molecular weight excluding hydrogens is 206 g/mol. The third kappa shape index (κ3) is 3.11. The molecule has 0 spiro atoms. The molecule has 0 radical (unpaired) electrons. The van der Waals surface area contributed by atoms with Crippen LogP contribution in [0.15, 0.2) is 0 Å². The lowest BCUT2D eigenvalue weighted by molar-refractivity contribution is 0.163. The molecule has 0 saturated heterocycles. The largest absolute Gasteiger partial charge is 0.394 e. The van der Waals surface area contributed by atoms with Crippen LogP contribution in [0, 0.1) is 0 Å². The van der Waals surface area contributed by atoms with Crippen molar-refractivity contribution in [2.45, 2.75) is 68.0 Å². The SMILES string of the molecule is CC(C)SC1CCC(CO)(NC2CC2)C1. The van der Waals surface area contributed by atoms with Gasteiger partial charge >= 0.3 is 0 Å². The van der Waals surface area contributed by atoms with Crippen LogP contribution < -0.4 is 5.32 Å². The first-order chi connectivity index (χ1) is 7.13. The molecule has 2 atom stereocenters. The molecule has 2 saturated carbocycles. The van der Waals surface area contributed by atoms with Crippen LogP contribution in [0.3, 0.4) is 0 Å². The average Bonchev–Trinajstić information content (AvgIpc) is 2.88. The van der Waals surface area contributed by atoms with Crippen LogP contribution in [0.1, 0.15) is 46.0 Å². The van der Waals surface area contributed by atoms with Gasteiger partial charge in [-0.15, -0.1) is 0 Å². The zero-order valence-corrected chi connectivity index (χ0v) is 10.6. The number of aliphatic hydroxyl groups excluding tert-OH is 1. The topological polar surface area (TPSA) is 32.3 Å². The minimum atomic E-state index is 0.0632. The Balaban J connectivity index is 1.86. The molecule has 0 amide bonds. The standard InChI is InChI=1S/C12H23NOS/c1-9(2)15-11-5-6-12(7-11,8-14)13-10-3-4-10/h9-11,13-14H,3-8H2,1-2H3. The second-order valence-corrected chi connectivity index (χ2v) is 7.29. The lowest BCUT2D eigenvalue weighted by Gasteiger charge is -2.29. The van der Waals surface area contributed by atoms with Gasteiger partial charge in [-0.2, -0.15) is 11.8 Å². The van der Waals surface area contributed by atoms with E-state index in [-0.39, 0.29) is 5.54 Å². The Kier molecular flexibility index (Phi) is 3.63. The van der Waals surface area contributed by atoms with Gasteiger partial charge in [-0.05, 0) is 37.4 Å². The van der Waals surface area contributed by atoms with Gasteiger partial charge < -0.3 is 10.4 Å². The van der Waals surface area contributed by atoms with Crippen LogP contribution in [-0.2, 0) is 0 Å². The maximum Gasteiger partial charge on any atom is 0.0613 e. The first-order valence-electron chi connectivity index (χ1n) is 6.17. The van der Waals surface area contributed by atoms with Gasteiger partial charge in [-0.1, -0.05) is 13.8 Å². The molecule has 2 rings (SSSR count). The number of nitrogens with one attached hydrogen (secondary N) is 1. The van der Waals surface area contributed by atoms with Crippen LogP contribution in [0.4, 0.5) is 0 Å². The number of rotatable bonds is 5. The van der Waals surface area contributed by atoms with Crippen molar-refractivity contribution in [3.63, 3.8) is 0 Å². The molecule has 15 heavy (non-hydrogen) atoms. The quantitative estimate of drug-likeness (QED) is 0.758. The second-order valence-electron chi connectivity index (χ2n) is 5.41. The summed E-state index contributed by atoms with van der Waals surface area (Å²) in [6.07, 6.45) is 6.20. The molecule has 0 aromatic carbocycles. The Morgan fingerprint density at radius 1 is 1.40 bits per heavy atom. The van der Waals surface area contributed by atoms with Gasteiger partial charge in [-0.3, -0.25) is 0 Å². The summed E-state index contributed by atoms with van der Waals surface area (Å²) in [6.45, 7) is 4.84. The van der Waals surface area contributed by atoms with E-state index in [0.717, 1.165) is 18.1 Å². The summed E-state index contributed by atoms with van der Waals surface area (Å²) in [5.74, 6) is 0. The Bertz CT molecular complexity index is 218. The first-order valence-corrected chi connectivity index (χ1v) is 7.12. The normalized spacial score (nSPS) is 36.4. The highest BCUT2D eigenvalue weighted by molar-refractivity contribution is 8.00. The Hall–Kier alpha value is 0.270. The van der Waals surface area contributed by atoms with Gasteiger partial charge in [0.1, 0.15) is 0 Å². The van der Waals surface area contributed by atoms with Gasteiger partial charge in [0.2, 0.25) is 0 Å². The van der Waals surface area contributed by atoms with E-state index >= 15 is 0 Å². The molecule has 2 aliphatic rings. The molecule has 2 nitrogen and oxygen atoms in total. The lowest BCUT2D eigenvalue weighted by Crippen LogP contribution is -2.47. The monoisotopic (exact) mass is 229 g/mol. The van der Waals surface area contributed by atoms with Crippen LogP contribution >= 0.6 is 11.8 Å². The predicted octanol–water partition coefficient (Wildman–Crippen LogP) is 2.16. The van der Waals surface area contributed by atoms with Gasteiger partial charge in [0.25, 0.3) is 0 Å². The second kappa shape index (κ2) is 4.64. The van der Waals surface area contributed by atoms with Crippen molar-refractivity contribution >= 4 is 11.8 Å². The number of hydrogen-bond acceptors (Lipinski definition) is 3. The zero-order chi connectivity index (χ0) is 10.9. The molecule has 3 heteroatoms.